The van der Waals surface area contributed by atoms with Gasteiger partial charge in [-0.3, -0.25) is 4.99 Å². The molecule has 0 aliphatic heterocycles. The normalized spacial score (nSPS) is 14.0. The number of hydrogen-bond acceptors (Lipinski definition) is 1. The zero-order chi connectivity index (χ0) is 9.40. The van der Waals surface area contributed by atoms with Crippen LogP contribution >= 0.6 is 0 Å². The molecule has 0 bridgehead atoms. The van der Waals surface area contributed by atoms with Crippen molar-refractivity contribution in [1.82, 2.24) is 5.32 Å². The molecule has 0 aliphatic rings. The summed E-state index contributed by atoms with van der Waals surface area (Å²) in [6.45, 7) is 8.57. The SMILES string of the molecule is C=CCC(C)NC(N)=NCCC. The Balaban J connectivity index is 3.66. The van der Waals surface area contributed by atoms with Gasteiger partial charge in [-0.2, -0.15) is 0 Å². The molecule has 0 heterocycles. The number of hydrogen-bond donors (Lipinski definition) is 2. The van der Waals surface area contributed by atoms with Crippen LogP contribution in [0.25, 0.3) is 0 Å². The van der Waals surface area contributed by atoms with Crippen LogP contribution in [0.4, 0.5) is 0 Å². The maximum Gasteiger partial charge on any atom is 0.188 e. The van der Waals surface area contributed by atoms with Crippen molar-refractivity contribution in [2.75, 3.05) is 6.54 Å². The Morgan fingerprint density at radius 2 is 2.42 bits per heavy atom. The highest BCUT2D eigenvalue weighted by atomic mass is 15.1. The molecule has 70 valence electrons. The number of guanidine groups is 1. The van der Waals surface area contributed by atoms with Crippen molar-refractivity contribution < 1.29 is 0 Å². The lowest BCUT2D eigenvalue weighted by molar-refractivity contribution is 0.668. The Hall–Kier alpha value is -0.990. The molecule has 0 saturated carbocycles. The van der Waals surface area contributed by atoms with E-state index in [0.717, 1.165) is 19.4 Å². The van der Waals surface area contributed by atoms with E-state index in [4.69, 9.17) is 5.73 Å². The predicted octanol–water partition coefficient (Wildman–Crippen LogP) is 1.27. The molecule has 12 heavy (non-hydrogen) atoms. The smallest absolute Gasteiger partial charge is 0.188 e. The molecule has 0 aromatic rings. The highest BCUT2D eigenvalue weighted by Crippen LogP contribution is 1.89. The van der Waals surface area contributed by atoms with Gasteiger partial charge < -0.3 is 11.1 Å². The number of aliphatic imine (C=N–C) groups is 1. The molecule has 0 amide bonds. The second-order valence-corrected chi connectivity index (χ2v) is 2.84. The third-order valence-electron chi connectivity index (χ3n) is 1.42. The lowest BCUT2D eigenvalue weighted by atomic mass is 10.2. The molecule has 3 heteroatoms. The van der Waals surface area contributed by atoms with Gasteiger partial charge in [0, 0.05) is 12.6 Å². The number of nitrogens with two attached hydrogens (primary N) is 1. The quantitative estimate of drug-likeness (QED) is 0.370. The predicted molar refractivity (Wildman–Crippen MR) is 54.2 cm³/mol. The average Bonchev–Trinajstić information content (AvgIpc) is 2.01. The minimum Gasteiger partial charge on any atom is -0.370 e. The van der Waals surface area contributed by atoms with Crippen molar-refractivity contribution in [2.45, 2.75) is 32.7 Å². The van der Waals surface area contributed by atoms with Crippen molar-refractivity contribution >= 4 is 5.96 Å². The van der Waals surface area contributed by atoms with Crippen molar-refractivity contribution in [3.63, 3.8) is 0 Å². The summed E-state index contributed by atoms with van der Waals surface area (Å²) < 4.78 is 0. The molecule has 3 nitrogen and oxygen atoms in total. The summed E-state index contributed by atoms with van der Waals surface area (Å²) in [6.07, 6.45) is 3.80. The van der Waals surface area contributed by atoms with Crippen LogP contribution in [0.5, 0.6) is 0 Å². The van der Waals surface area contributed by atoms with Crippen molar-refractivity contribution in [2.24, 2.45) is 10.7 Å². The fourth-order valence-corrected chi connectivity index (χ4v) is 0.839. The van der Waals surface area contributed by atoms with Crippen LogP contribution in [0, 0.1) is 0 Å². The first kappa shape index (κ1) is 11.0. The van der Waals surface area contributed by atoms with E-state index in [0.29, 0.717) is 12.0 Å². The van der Waals surface area contributed by atoms with E-state index < -0.39 is 0 Å². The third kappa shape index (κ3) is 5.77. The van der Waals surface area contributed by atoms with Gasteiger partial charge in [-0.1, -0.05) is 13.0 Å². The zero-order valence-electron chi connectivity index (χ0n) is 8.01. The number of nitrogens with zero attached hydrogens (tertiary/aromatic N) is 1. The average molecular weight is 169 g/mol. The summed E-state index contributed by atoms with van der Waals surface area (Å²) in [5, 5.41) is 3.07. The van der Waals surface area contributed by atoms with Crippen LogP contribution in [-0.4, -0.2) is 18.5 Å². The Labute approximate surface area is 74.8 Å². The van der Waals surface area contributed by atoms with Gasteiger partial charge in [0.1, 0.15) is 0 Å². The van der Waals surface area contributed by atoms with Gasteiger partial charge in [-0.05, 0) is 19.8 Å². The number of rotatable bonds is 5. The third-order valence-corrected chi connectivity index (χ3v) is 1.42. The minimum absolute atomic E-state index is 0.322. The zero-order valence-corrected chi connectivity index (χ0v) is 8.01. The Kier molecular flexibility index (Phi) is 6.15. The lowest BCUT2D eigenvalue weighted by Crippen LogP contribution is -2.38. The van der Waals surface area contributed by atoms with Gasteiger partial charge in [0.2, 0.25) is 0 Å². The molecule has 0 fully saturated rings. The van der Waals surface area contributed by atoms with Gasteiger partial charge >= 0.3 is 0 Å². The fraction of sp³-hybridized carbons (Fsp3) is 0.667. The highest BCUT2D eigenvalue weighted by molar-refractivity contribution is 5.78. The Bertz CT molecular complexity index is 152. The molecule has 0 saturated heterocycles. The largest absolute Gasteiger partial charge is 0.370 e. The van der Waals surface area contributed by atoms with Gasteiger partial charge in [-0.15, -0.1) is 6.58 Å². The van der Waals surface area contributed by atoms with Gasteiger partial charge in [0.15, 0.2) is 5.96 Å². The van der Waals surface area contributed by atoms with E-state index in [2.05, 4.69) is 30.7 Å². The lowest BCUT2D eigenvalue weighted by Gasteiger charge is -2.11. The summed E-state index contributed by atoms with van der Waals surface area (Å²) in [6, 6.07) is 0.322. The Morgan fingerprint density at radius 1 is 1.75 bits per heavy atom. The van der Waals surface area contributed by atoms with Crippen LogP contribution < -0.4 is 11.1 Å². The highest BCUT2D eigenvalue weighted by Gasteiger charge is 1.98. The Morgan fingerprint density at radius 3 is 2.92 bits per heavy atom. The van der Waals surface area contributed by atoms with E-state index in [9.17, 15) is 0 Å². The van der Waals surface area contributed by atoms with Crippen molar-refractivity contribution in [1.29, 1.82) is 0 Å². The van der Waals surface area contributed by atoms with E-state index in [1.807, 2.05) is 6.08 Å². The van der Waals surface area contributed by atoms with Crippen LogP contribution in [-0.2, 0) is 0 Å². The van der Waals surface area contributed by atoms with E-state index in [1.54, 1.807) is 0 Å². The summed E-state index contributed by atoms with van der Waals surface area (Å²) in [4.78, 5) is 4.11. The number of nitrogens with one attached hydrogen (secondary N) is 1. The maximum absolute atomic E-state index is 5.60. The molecule has 1 unspecified atom stereocenters. The minimum atomic E-state index is 0.322. The molecule has 0 spiro atoms. The molecular formula is C9H19N3. The second-order valence-electron chi connectivity index (χ2n) is 2.84. The molecule has 0 aromatic carbocycles. The summed E-state index contributed by atoms with van der Waals surface area (Å²) in [7, 11) is 0. The van der Waals surface area contributed by atoms with Gasteiger partial charge in [0.05, 0.1) is 0 Å². The first-order valence-electron chi connectivity index (χ1n) is 4.38. The van der Waals surface area contributed by atoms with E-state index in [-0.39, 0.29) is 0 Å². The van der Waals surface area contributed by atoms with Crippen LogP contribution in [0.3, 0.4) is 0 Å². The molecule has 0 radical (unpaired) electrons. The van der Waals surface area contributed by atoms with Crippen molar-refractivity contribution in [3.8, 4) is 0 Å². The standard InChI is InChI=1S/C9H19N3/c1-4-6-8(3)12-9(10)11-7-5-2/h4,8H,1,5-7H2,2-3H3,(H3,10,11,12). The topological polar surface area (TPSA) is 50.4 Å². The summed E-state index contributed by atoms with van der Waals surface area (Å²) in [5.74, 6) is 0.534. The molecular weight excluding hydrogens is 150 g/mol. The van der Waals surface area contributed by atoms with Crippen LogP contribution in [0.2, 0.25) is 0 Å². The second kappa shape index (κ2) is 6.70. The molecule has 0 aliphatic carbocycles. The van der Waals surface area contributed by atoms with Gasteiger partial charge in [0.25, 0.3) is 0 Å². The summed E-state index contributed by atoms with van der Waals surface area (Å²) in [5.41, 5.74) is 5.60. The first-order chi connectivity index (χ1) is 5.70. The maximum atomic E-state index is 5.60. The molecule has 1 atom stereocenters. The van der Waals surface area contributed by atoms with Crippen LogP contribution in [0.15, 0.2) is 17.6 Å². The van der Waals surface area contributed by atoms with Crippen molar-refractivity contribution in [3.05, 3.63) is 12.7 Å². The summed E-state index contributed by atoms with van der Waals surface area (Å²) >= 11 is 0. The molecule has 3 N–H and O–H groups in total. The van der Waals surface area contributed by atoms with Crippen LogP contribution in [0.1, 0.15) is 26.7 Å². The van der Waals surface area contributed by atoms with E-state index in [1.165, 1.54) is 0 Å². The fourth-order valence-electron chi connectivity index (χ4n) is 0.839. The van der Waals surface area contributed by atoms with E-state index >= 15 is 0 Å². The molecule has 0 aromatic heterocycles. The van der Waals surface area contributed by atoms with Gasteiger partial charge in [-0.25, -0.2) is 0 Å². The first-order valence-corrected chi connectivity index (χ1v) is 4.38. The molecule has 0 rings (SSSR count). The monoisotopic (exact) mass is 169 g/mol.